The van der Waals surface area contributed by atoms with Gasteiger partial charge in [-0.2, -0.15) is 0 Å². The number of phosphoric ester groups is 1. The molecule has 0 N–H and O–H groups in total. The second-order valence-electron chi connectivity index (χ2n) is 5.04. The van der Waals surface area contributed by atoms with E-state index in [1.807, 2.05) is 20.8 Å². The molecule has 0 fully saturated rings. The Hall–Kier alpha value is 0.260. The zero-order valence-electron chi connectivity index (χ0n) is 12.5. The van der Waals surface area contributed by atoms with Gasteiger partial charge in [-0.3, -0.25) is 18.1 Å². The fourth-order valence-electron chi connectivity index (χ4n) is 1.35. The lowest BCUT2D eigenvalue weighted by Crippen LogP contribution is -2.22. The Kier molecular flexibility index (Phi) is 7.42. The molecule has 0 saturated heterocycles. The molecule has 0 saturated carbocycles. The summed E-state index contributed by atoms with van der Waals surface area (Å²) in [6.07, 6.45) is 0.294. The maximum Gasteiger partial charge on any atom is 0.475 e. The average Bonchev–Trinajstić information content (AvgIpc) is 2.35. The molecule has 0 aliphatic heterocycles. The molecule has 0 radical (unpaired) electrons. The molecule has 0 aromatic rings. The van der Waals surface area contributed by atoms with Crippen LogP contribution in [-0.4, -0.2) is 34.3 Å². The van der Waals surface area contributed by atoms with Crippen molar-refractivity contribution in [1.29, 1.82) is 0 Å². The molecule has 0 heterocycles. The summed E-state index contributed by atoms with van der Waals surface area (Å²) in [5.74, 6) is -1.05. The van der Waals surface area contributed by atoms with E-state index in [0.717, 1.165) is 0 Å². The van der Waals surface area contributed by atoms with Crippen LogP contribution in [0.5, 0.6) is 0 Å². The van der Waals surface area contributed by atoms with Gasteiger partial charge in [0.05, 0.1) is 0 Å². The van der Waals surface area contributed by atoms with Crippen molar-refractivity contribution in [3.63, 3.8) is 0 Å². The molecule has 19 heavy (non-hydrogen) atoms. The first-order valence-electron chi connectivity index (χ1n) is 5.67. The monoisotopic (exact) mass is 318 g/mol. The standard InChI is InChI=1S/C10H24O7P2/c1-10(2,3)8-9(18(11,13-4)14-5)17-19(12,15-6)16-7/h9H,8H2,1-7H3. The first kappa shape index (κ1) is 19.3. The van der Waals surface area contributed by atoms with Gasteiger partial charge in [0.15, 0.2) is 5.85 Å². The summed E-state index contributed by atoms with van der Waals surface area (Å²) in [5, 5.41) is 0. The normalized spacial score (nSPS) is 15.5. The molecule has 1 unspecified atom stereocenters. The zero-order chi connectivity index (χ0) is 15.3. The van der Waals surface area contributed by atoms with Crippen molar-refractivity contribution >= 4 is 15.4 Å². The summed E-state index contributed by atoms with van der Waals surface area (Å²) >= 11 is 0. The van der Waals surface area contributed by atoms with E-state index in [4.69, 9.17) is 22.6 Å². The highest BCUT2D eigenvalue weighted by Gasteiger charge is 2.43. The molecule has 9 heteroatoms. The van der Waals surface area contributed by atoms with E-state index in [1.165, 1.54) is 28.4 Å². The number of hydrogen-bond donors (Lipinski definition) is 0. The van der Waals surface area contributed by atoms with Crippen LogP contribution in [0, 0.1) is 5.41 Å². The Labute approximate surface area is 115 Å². The molecule has 0 aliphatic rings. The molecule has 0 spiro atoms. The molecular formula is C10H24O7P2. The summed E-state index contributed by atoms with van der Waals surface area (Å²) in [6, 6.07) is 0. The van der Waals surface area contributed by atoms with E-state index < -0.39 is 21.3 Å². The van der Waals surface area contributed by atoms with Gasteiger partial charge >= 0.3 is 15.4 Å². The van der Waals surface area contributed by atoms with Gasteiger partial charge in [-0.1, -0.05) is 20.8 Å². The first-order valence-corrected chi connectivity index (χ1v) is 8.74. The van der Waals surface area contributed by atoms with Gasteiger partial charge in [0.1, 0.15) is 0 Å². The summed E-state index contributed by atoms with van der Waals surface area (Å²) in [5.41, 5.74) is -0.246. The minimum Gasteiger partial charge on any atom is -0.310 e. The van der Waals surface area contributed by atoms with Crippen LogP contribution in [0.4, 0.5) is 0 Å². The molecule has 0 aliphatic carbocycles. The first-order chi connectivity index (χ1) is 8.55. The van der Waals surface area contributed by atoms with E-state index >= 15 is 0 Å². The Morgan fingerprint density at radius 3 is 1.58 bits per heavy atom. The second kappa shape index (κ2) is 7.32. The number of phosphoric acid groups is 1. The topological polar surface area (TPSA) is 80.3 Å². The lowest BCUT2D eigenvalue weighted by atomic mass is 9.93. The third kappa shape index (κ3) is 6.05. The molecule has 0 aromatic heterocycles. The van der Waals surface area contributed by atoms with Gasteiger partial charge in [-0.25, -0.2) is 4.57 Å². The van der Waals surface area contributed by atoms with Gasteiger partial charge in [0, 0.05) is 28.4 Å². The van der Waals surface area contributed by atoms with E-state index in [2.05, 4.69) is 0 Å². The lowest BCUT2D eigenvalue weighted by molar-refractivity contribution is 0.0952. The predicted molar refractivity (Wildman–Crippen MR) is 72.2 cm³/mol. The molecule has 1 atom stereocenters. The molecule has 0 bridgehead atoms. The third-order valence-corrected chi connectivity index (χ3v) is 5.93. The van der Waals surface area contributed by atoms with Crippen LogP contribution >= 0.6 is 15.4 Å². The van der Waals surface area contributed by atoms with Crippen molar-refractivity contribution in [2.75, 3.05) is 28.4 Å². The van der Waals surface area contributed by atoms with E-state index in [9.17, 15) is 9.13 Å². The molecular weight excluding hydrogens is 294 g/mol. The van der Waals surface area contributed by atoms with Crippen LogP contribution in [0.15, 0.2) is 0 Å². The highest BCUT2D eigenvalue weighted by atomic mass is 31.2. The fraction of sp³-hybridized carbons (Fsp3) is 1.00. The van der Waals surface area contributed by atoms with Crippen molar-refractivity contribution in [2.24, 2.45) is 5.41 Å². The van der Waals surface area contributed by atoms with E-state index in [1.54, 1.807) is 0 Å². The van der Waals surface area contributed by atoms with Crippen molar-refractivity contribution in [1.82, 2.24) is 0 Å². The highest BCUT2D eigenvalue weighted by molar-refractivity contribution is 7.55. The third-order valence-electron chi connectivity index (χ3n) is 2.35. The van der Waals surface area contributed by atoms with E-state index in [-0.39, 0.29) is 5.41 Å². The lowest BCUT2D eigenvalue weighted by Gasteiger charge is -2.31. The SMILES string of the molecule is COP(=O)(OC)OC(CC(C)(C)C)P(=O)(OC)OC. The van der Waals surface area contributed by atoms with Gasteiger partial charge in [0.2, 0.25) is 0 Å². The van der Waals surface area contributed by atoms with Crippen molar-refractivity contribution in [3.05, 3.63) is 0 Å². The van der Waals surface area contributed by atoms with Crippen LogP contribution in [0.25, 0.3) is 0 Å². The summed E-state index contributed by atoms with van der Waals surface area (Å²) < 4.78 is 48.9. The Balaban J connectivity index is 5.30. The van der Waals surface area contributed by atoms with Crippen LogP contribution < -0.4 is 0 Å². The smallest absolute Gasteiger partial charge is 0.310 e. The quantitative estimate of drug-likeness (QED) is 0.632. The largest absolute Gasteiger partial charge is 0.475 e. The van der Waals surface area contributed by atoms with Crippen LogP contribution in [0.3, 0.4) is 0 Å². The van der Waals surface area contributed by atoms with Gasteiger partial charge < -0.3 is 9.05 Å². The van der Waals surface area contributed by atoms with Gasteiger partial charge in [-0.05, 0) is 11.8 Å². The summed E-state index contributed by atoms with van der Waals surface area (Å²) in [7, 11) is -2.49. The van der Waals surface area contributed by atoms with E-state index in [0.29, 0.717) is 6.42 Å². The van der Waals surface area contributed by atoms with Crippen LogP contribution in [0.1, 0.15) is 27.2 Å². The van der Waals surface area contributed by atoms with Gasteiger partial charge in [0.25, 0.3) is 0 Å². The van der Waals surface area contributed by atoms with Gasteiger partial charge in [-0.15, -0.1) is 0 Å². The highest BCUT2D eigenvalue weighted by Crippen LogP contribution is 2.62. The number of rotatable bonds is 8. The Morgan fingerprint density at radius 1 is 0.895 bits per heavy atom. The molecule has 116 valence electrons. The average molecular weight is 318 g/mol. The Bertz CT molecular complexity index is 347. The zero-order valence-corrected chi connectivity index (χ0v) is 14.3. The van der Waals surface area contributed by atoms with Crippen molar-refractivity contribution in [2.45, 2.75) is 33.0 Å². The number of hydrogen-bond acceptors (Lipinski definition) is 7. The predicted octanol–water partition coefficient (Wildman–Crippen LogP) is 3.65. The van der Waals surface area contributed by atoms with Crippen LogP contribution in [0.2, 0.25) is 0 Å². The maximum atomic E-state index is 12.4. The summed E-state index contributed by atoms with van der Waals surface area (Å²) in [4.78, 5) is 0. The molecule has 7 nitrogen and oxygen atoms in total. The summed E-state index contributed by atoms with van der Waals surface area (Å²) in [6.45, 7) is 5.76. The van der Waals surface area contributed by atoms with Crippen LogP contribution in [-0.2, 0) is 31.7 Å². The molecule has 0 rings (SSSR count). The molecule has 0 amide bonds. The fourth-order valence-corrected chi connectivity index (χ4v) is 4.24. The Morgan fingerprint density at radius 2 is 1.32 bits per heavy atom. The molecule has 0 aromatic carbocycles. The van der Waals surface area contributed by atoms with Crippen molar-refractivity contribution in [3.8, 4) is 0 Å². The maximum absolute atomic E-state index is 12.4. The minimum absolute atomic E-state index is 0.246. The van der Waals surface area contributed by atoms with Crippen molar-refractivity contribution < 1.29 is 31.7 Å². The minimum atomic E-state index is -3.78. The second-order valence-corrected chi connectivity index (χ2v) is 9.26.